The van der Waals surface area contributed by atoms with E-state index in [9.17, 15) is 13.2 Å². The first kappa shape index (κ1) is 17.8. The number of nitrogens with zero attached hydrogens (tertiary/aromatic N) is 3. The fourth-order valence-corrected chi connectivity index (χ4v) is 2.61. The van der Waals surface area contributed by atoms with Gasteiger partial charge in [0.2, 0.25) is 0 Å². The second-order valence-electron chi connectivity index (χ2n) is 5.25. The first-order chi connectivity index (χ1) is 12.4. The number of rotatable bonds is 4. The molecule has 0 aliphatic heterocycles. The average molecular weight is 379 g/mol. The standard InChI is InChI=1S/C17H10ClF3N4O/c18-15-12(17(19,20)21)5-2-6-14(15)26-9-10-3-1-4-11(7-10)16-13(8-22)23-25-24-16/h1-7H,9H2,(H,23,24,25). The van der Waals surface area contributed by atoms with Crippen LogP contribution in [0, 0.1) is 11.3 Å². The molecule has 0 aliphatic carbocycles. The quantitative estimate of drug-likeness (QED) is 0.720. The second-order valence-corrected chi connectivity index (χ2v) is 5.63. The summed E-state index contributed by atoms with van der Waals surface area (Å²) in [5, 5.41) is 18.5. The lowest BCUT2D eigenvalue weighted by molar-refractivity contribution is -0.137. The zero-order valence-corrected chi connectivity index (χ0v) is 13.8. The van der Waals surface area contributed by atoms with Crippen molar-refractivity contribution in [1.29, 1.82) is 5.26 Å². The minimum Gasteiger partial charge on any atom is -0.487 e. The summed E-state index contributed by atoms with van der Waals surface area (Å²) in [5.41, 5.74) is 0.941. The van der Waals surface area contributed by atoms with Gasteiger partial charge in [-0.1, -0.05) is 41.1 Å². The van der Waals surface area contributed by atoms with E-state index in [1.165, 1.54) is 12.1 Å². The van der Waals surface area contributed by atoms with Crippen molar-refractivity contribution in [1.82, 2.24) is 15.4 Å². The number of nitriles is 1. The number of hydrogen-bond donors (Lipinski definition) is 1. The fraction of sp³-hybridized carbons (Fsp3) is 0.118. The van der Waals surface area contributed by atoms with Crippen LogP contribution in [0.15, 0.2) is 42.5 Å². The van der Waals surface area contributed by atoms with Crippen LogP contribution in [0.25, 0.3) is 11.3 Å². The zero-order valence-electron chi connectivity index (χ0n) is 13.0. The van der Waals surface area contributed by atoms with Crippen LogP contribution in [0.5, 0.6) is 5.75 Å². The predicted molar refractivity (Wildman–Crippen MR) is 87.3 cm³/mol. The number of hydrogen-bond acceptors (Lipinski definition) is 4. The second kappa shape index (κ2) is 7.06. The Labute approximate surface area is 151 Å². The van der Waals surface area contributed by atoms with E-state index in [0.717, 1.165) is 6.07 Å². The highest BCUT2D eigenvalue weighted by atomic mass is 35.5. The summed E-state index contributed by atoms with van der Waals surface area (Å²) < 4.78 is 44.1. The SMILES string of the molecule is N#Cc1[nH]nnc1-c1cccc(COc2cccc(C(F)(F)F)c2Cl)c1. The zero-order chi connectivity index (χ0) is 18.7. The van der Waals surface area contributed by atoms with Gasteiger partial charge in [0.05, 0.1) is 10.6 Å². The Hall–Kier alpha value is -3.05. The molecular weight excluding hydrogens is 369 g/mol. The van der Waals surface area contributed by atoms with Crippen LogP contribution >= 0.6 is 11.6 Å². The molecule has 26 heavy (non-hydrogen) atoms. The molecule has 3 aromatic rings. The topological polar surface area (TPSA) is 74.6 Å². The van der Waals surface area contributed by atoms with Crippen molar-refractivity contribution in [2.75, 3.05) is 0 Å². The molecule has 0 atom stereocenters. The van der Waals surface area contributed by atoms with Crippen LogP contribution in [-0.2, 0) is 12.8 Å². The van der Waals surface area contributed by atoms with E-state index >= 15 is 0 Å². The molecule has 0 amide bonds. The van der Waals surface area contributed by atoms with Crippen LogP contribution in [-0.4, -0.2) is 15.4 Å². The molecule has 0 unspecified atom stereocenters. The van der Waals surface area contributed by atoms with Gasteiger partial charge in [-0.05, 0) is 23.8 Å². The Morgan fingerprint density at radius 1 is 1.19 bits per heavy atom. The number of aromatic amines is 1. The van der Waals surface area contributed by atoms with Crippen LogP contribution in [0.4, 0.5) is 13.2 Å². The van der Waals surface area contributed by atoms with Gasteiger partial charge in [-0.25, -0.2) is 5.10 Å². The maximum Gasteiger partial charge on any atom is 0.417 e. The van der Waals surface area contributed by atoms with E-state index in [1.807, 2.05) is 6.07 Å². The highest BCUT2D eigenvalue weighted by molar-refractivity contribution is 6.32. The molecule has 1 N–H and O–H groups in total. The molecule has 1 heterocycles. The Bertz CT molecular complexity index is 979. The van der Waals surface area contributed by atoms with Crippen LogP contribution in [0.3, 0.4) is 0 Å². The lowest BCUT2D eigenvalue weighted by atomic mass is 10.1. The summed E-state index contributed by atoms with van der Waals surface area (Å²) >= 11 is 5.81. The van der Waals surface area contributed by atoms with Crippen molar-refractivity contribution in [3.05, 3.63) is 64.3 Å². The molecule has 0 aliphatic rings. The summed E-state index contributed by atoms with van der Waals surface area (Å²) in [4.78, 5) is 0. The van der Waals surface area contributed by atoms with E-state index < -0.39 is 16.8 Å². The first-order valence-electron chi connectivity index (χ1n) is 7.29. The van der Waals surface area contributed by atoms with Gasteiger partial charge in [0.25, 0.3) is 0 Å². The fourth-order valence-electron chi connectivity index (χ4n) is 2.32. The third-order valence-corrected chi connectivity index (χ3v) is 3.91. The average Bonchev–Trinajstić information content (AvgIpc) is 3.09. The number of nitrogens with one attached hydrogen (secondary N) is 1. The summed E-state index contributed by atoms with van der Waals surface area (Å²) in [5.74, 6) is -0.0638. The molecule has 2 aromatic carbocycles. The number of halogens is 4. The van der Waals surface area contributed by atoms with Crippen molar-refractivity contribution >= 4 is 11.6 Å². The van der Waals surface area contributed by atoms with Crippen molar-refractivity contribution in [3.63, 3.8) is 0 Å². The summed E-state index contributed by atoms with van der Waals surface area (Å²) in [6, 6.07) is 12.3. The minimum absolute atomic E-state index is 0.00535. The molecule has 9 heteroatoms. The maximum absolute atomic E-state index is 12.9. The highest BCUT2D eigenvalue weighted by Gasteiger charge is 2.34. The van der Waals surface area contributed by atoms with Crippen LogP contribution < -0.4 is 4.74 Å². The number of ether oxygens (including phenoxy) is 1. The molecule has 0 bridgehead atoms. The summed E-state index contributed by atoms with van der Waals surface area (Å²) in [6.07, 6.45) is -4.56. The minimum atomic E-state index is -4.56. The van der Waals surface area contributed by atoms with Gasteiger partial charge in [-0.2, -0.15) is 18.4 Å². The predicted octanol–water partition coefficient (Wildman–Crippen LogP) is 4.59. The molecule has 132 valence electrons. The number of H-pyrrole nitrogens is 1. The third-order valence-electron chi connectivity index (χ3n) is 3.52. The van der Waals surface area contributed by atoms with Gasteiger partial charge in [0, 0.05) is 5.56 Å². The molecule has 0 saturated carbocycles. The molecule has 0 spiro atoms. The Morgan fingerprint density at radius 2 is 1.96 bits per heavy atom. The summed E-state index contributed by atoms with van der Waals surface area (Å²) in [7, 11) is 0. The largest absolute Gasteiger partial charge is 0.487 e. The van der Waals surface area contributed by atoms with E-state index in [0.29, 0.717) is 16.8 Å². The van der Waals surface area contributed by atoms with Gasteiger partial charge in [-0.15, -0.1) is 5.10 Å². The number of aromatic nitrogens is 3. The van der Waals surface area contributed by atoms with Crippen molar-refractivity contribution in [2.45, 2.75) is 12.8 Å². The van der Waals surface area contributed by atoms with Gasteiger partial charge in [0.1, 0.15) is 24.1 Å². The summed E-state index contributed by atoms with van der Waals surface area (Å²) in [6.45, 7) is -0.00535. The molecular formula is C17H10ClF3N4O. The van der Waals surface area contributed by atoms with E-state index in [1.54, 1.807) is 24.3 Å². The van der Waals surface area contributed by atoms with Crippen LogP contribution in [0.1, 0.15) is 16.8 Å². The monoisotopic (exact) mass is 378 g/mol. The van der Waals surface area contributed by atoms with Gasteiger partial charge < -0.3 is 4.74 Å². The third kappa shape index (κ3) is 3.63. The first-order valence-corrected chi connectivity index (χ1v) is 7.67. The Morgan fingerprint density at radius 3 is 2.69 bits per heavy atom. The van der Waals surface area contributed by atoms with Gasteiger partial charge in [-0.3, -0.25) is 0 Å². The number of alkyl halides is 3. The highest BCUT2D eigenvalue weighted by Crippen LogP contribution is 2.39. The van der Waals surface area contributed by atoms with Crippen molar-refractivity contribution in [3.8, 4) is 23.1 Å². The lowest BCUT2D eigenvalue weighted by Crippen LogP contribution is -2.07. The molecule has 5 nitrogen and oxygen atoms in total. The van der Waals surface area contributed by atoms with E-state index in [-0.39, 0.29) is 18.1 Å². The van der Waals surface area contributed by atoms with Crippen LogP contribution in [0.2, 0.25) is 5.02 Å². The van der Waals surface area contributed by atoms with E-state index in [2.05, 4.69) is 15.4 Å². The number of benzene rings is 2. The molecule has 0 saturated heterocycles. The Kier molecular flexibility index (Phi) is 4.82. The molecule has 0 radical (unpaired) electrons. The lowest BCUT2D eigenvalue weighted by Gasteiger charge is -2.13. The van der Waals surface area contributed by atoms with Gasteiger partial charge in [0.15, 0.2) is 5.69 Å². The van der Waals surface area contributed by atoms with E-state index in [4.69, 9.17) is 21.6 Å². The molecule has 3 rings (SSSR count). The smallest absolute Gasteiger partial charge is 0.417 e. The normalized spacial score (nSPS) is 11.2. The van der Waals surface area contributed by atoms with Crippen molar-refractivity contribution < 1.29 is 17.9 Å². The van der Waals surface area contributed by atoms with Gasteiger partial charge >= 0.3 is 6.18 Å². The maximum atomic E-state index is 12.9. The molecule has 1 aromatic heterocycles. The Balaban J connectivity index is 1.82. The molecule has 0 fully saturated rings. The van der Waals surface area contributed by atoms with Crippen molar-refractivity contribution in [2.24, 2.45) is 0 Å².